The van der Waals surface area contributed by atoms with Gasteiger partial charge < -0.3 is 20.1 Å². The van der Waals surface area contributed by atoms with Gasteiger partial charge in [0.05, 0.1) is 13.0 Å². The molecule has 2 N–H and O–H groups in total. The maximum atomic E-state index is 12.1. The van der Waals surface area contributed by atoms with Gasteiger partial charge in [0.2, 0.25) is 5.88 Å². The Kier molecular flexibility index (Phi) is 11.5. The Morgan fingerprint density at radius 2 is 2.04 bits per heavy atom. The third kappa shape index (κ3) is 9.75. The van der Waals surface area contributed by atoms with E-state index < -0.39 is 12.6 Å². The SMILES string of the molecule is CN=C(NCCC(F)(F)F)NCc1cccnc1OCCOC.I. The second-order valence-corrected chi connectivity index (χ2v) is 4.53. The number of pyridine rings is 1. The molecule has 10 heteroatoms. The average Bonchev–Trinajstić information content (AvgIpc) is 2.51. The Morgan fingerprint density at radius 3 is 2.67 bits per heavy atom. The summed E-state index contributed by atoms with van der Waals surface area (Å²) in [6.45, 7) is 0.873. The Morgan fingerprint density at radius 1 is 1.29 bits per heavy atom. The number of ether oxygens (including phenoxy) is 2. The molecule has 1 aromatic heterocycles. The van der Waals surface area contributed by atoms with Gasteiger partial charge in [0.25, 0.3) is 0 Å². The summed E-state index contributed by atoms with van der Waals surface area (Å²) < 4.78 is 46.8. The number of hydrogen-bond donors (Lipinski definition) is 2. The van der Waals surface area contributed by atoms with Gasteiger partial charge in [-0.15, -0.1) is 24.0 Å². The molecule has 0 amide bonds. The minimum absolute atomic E-state index is 0. The van der Waals surface area contributed by atoms with Crippen LogP contribution >= 0.6 is 24.0 Å². The molecule has 0 spiro atoms. The summed E-state index contributed by atoms with van der Waals surface area (Å²) in [7, 11) is 3.06. The Hall–Kier alpha value is -1.30. The van der Waals surface area contributed by atoms with Crippen LogP contribution in [0, 0.1) is 0 Å². The average molecular weight is 462 g/mol. The van der Waals surface area contributed by atoms with Gasteiger partial charge in [-0.3, -0.25) is 4.99 Å². The molecule has 1 rings (SSSR count). The molecule has 0 aliphatic rings. The fourth-order valence-corrected chi connectivity index (χ4v) is 1.63. The first-order chi connectivity index (χ1) is 11.0. The third-order valence-electron chi connectivity index (χ3n) is 2.75. The van der Waals surface area contributed by atoms with Crippen molar-refractivity contribution in [1.82, 2.24) is 15.6 Å². The molecule has 0 unspecified atom stereocenters. The van der Waals surface area contributed by atoms with E-state index in [-0.39, 0.29) is 36.5 Å². The zero-order chi connectivity index (χ0) is 17.1. The topological polar surface area (TPSA) is 67.8 Å². The predicted molar refractivity (Wildman–Crippen MR) is 95.9 cm³/mol. The van der Waals surface area contributed by atoms with Crippen LogP contribution in [0.3, 0.4) is 0 Å². The maximum absolute atomic E-state index is 12.1. The summed E-state index contributed by atoms with van der Waals surface area (Å²) >= 11 is 0. The maximum Gasteiger partial charge on any atom is 0.390 e. The van der Waals surface area contributed by atoms with Crippen molar-refractivity contribution < 1.29 is 22.6 Å². The number of nitrogens with one attached hydrogen (secondary N) is 2. The second kappa shape index (κ2) is 12.1. The lowest BCUT2D eigenvalue weighted by atomic mass is 10.2. The summed E-state index contributed by atoms with van der Waals surface area (Å²) in [5.41, 5.74) is 0.766. The van der Waals surface area contributed by atoms with Crippen LogP contribution in [0.2, 0.25) is 0 Å². The molecule has 0 saturated heterocycles. The van der Waals surface area contributed by atoms with Crippen molar-refractivity contribution in [3.8, 4) is 5.88 Å². The molecular weight excluding hydrogens is 440 g/mol. The summed E-state index contributed by atoms with van der Waals surface area (Å²) in [6, 6.07) is 3.56. The minimum atomic E-state index is -4.20. The van der Waals surface area contributed by atoms with Gasteiger partial charge in [0.15, 0.2) is 5.96 Å². The van der Waals surface area contributed by atoms with E-state index in [1.54, 1.807) is 19.4 Å². The third-order valence-corrected chi connectivity index (χ3v) is 2.75. The van der Waals surface area contributed by atoms with E-state index in [4.69, 9.17) is 9.47 Å². The van der Waals surface area contributed by atoms with Crippen LogP contribution in [0.25, 0.3) is 0 Å². The number of aromatic nitrogens is 1. The van der Waals surface area contributed by atoms with Crippen LogP contribution < -0.4 is 15.4 Å². The normalized spacial score (nSPS) is 11.6. The fraction of sp³-hybridized carbons (Fsp3) is 0.571. The first kappa shape index (κ1) is 22.7. The summed E-state index contributed by atoms with van der Waals surface area (Å²) in [5, 5.41) is 5.53. The number of rotatable bonds is 8. The van der Waals surface area contributed by atoms with E-state index in [0.717, 1.165) is 5.56 Å². The molecule has 0 fully saturated rings. The highest BCUT2D eigenvalue weighted by Crippen LogP contribution is 2.18. The molecule has 0 atom stereocenters. The lowest BCUT2D eigenvalue weighted by Gasteiger charge is -2.14. The van der Waals surface area contributed by atoms with Gasteiger partial charge in [-0.05, 0) is 6.07 Å². The number of nitrogens with zero attached hydrogens (tertiary/aromatic N) is 2. The van der Waals surface area contributed by atoms with Crippen molar-refractivity contribution in [1.29, 1.82) is 0 Å². The molecular formula is C14H22F3IN4O2. The van der Waals surface area contributed by atoms with Crippen LogP contribution in [-0.2, 0) is 11.3 Å². The van der Waals surface area contributed by atoms with E-state index in [1.807, 2.05) is 6.07 Å². The zero-order valence-electron chi connectivity index (χ0n) is 13.5. The second-order valence-electron chi connectivity index (χ2n) is 4.53. The van der Waals surface area contributed by atoms with Crippen molar-refractivity contribution in [3.05, 3.63) is 23.9 Å². The Labute approximate surface area is 156 Å². The largest absolute Gasteiger partial charge is 0.475 e. The fourth-order valence-electron chi connectivity index (χ4n) is 1.63. The summed E-state index contributed by atoms with van der Waals surface area (Å²) in [5.74, 6) is 0.726. The van der Waals surface area contributed by atoms with Gasteiger partial charge in [0.1, 0.15) is 6.61 Å². The zero-order valence-corrected chi connectivity index (χ0v) is 15.9. The van der Waals surface area contributed by atoms with Gasteiger partial charge in [-0.2, -0.15) is 13.2 Å². The first-order valence-corrected chi connectivity index (χ1v) is 7.03. The van der Waals surface area contributed by atoms with E-state index in [1.165, 1.54) is 7.05 Å². The highest BCUT2D eigenvalue weighted by atomic mass is 127. The summed E-state index contributed by atoms with van der Waals surface area (Å²) in [6.07, 6.45) is -3.52. The lowest BCUT2D eigenvalue weighted by Crippen LogP contribution is -2.38. The number of alkyl halides is 3. The number of guanidine groups is 1. The minimum Gasteiger partial charge on any atom is -0.475 e. The highest BCUT2D eigenvalue weighted by Gasteiger charge is 2.26. The van der Waals surface area contributed by atoms with Crippen molar-refractivity contribution in [2.24, 2.45) is 4.99 Å². The molecule has 0 bridgehead atoms. The van der Waals surface area contributed by atoms with Crippen molar-refractivity contribution >= 4 is 29.9 Å². The monoisotopic (exact) mass is 462 g/mol. The van der Waals surface area contributed by atoms with E-state index >= 15 is 0 Å². The van der Waals surface area contributed by atoms with Crippen molar-refractivity contribution in [3.63, 3.8) is 0 Å². The molecule has 6 nitrogen and oxygen atoms in total. The molecule has 0 saturated carbocycles. The van der Waals surface area contributed by atoms with Crippen LogP contribution in [0.5, 0.6) is 5.88 Å². The quantitative estimate of drug-likeness (QED) is 0.269. The van der Waals surface area contributed by atoms with Crippen LogP contribution in [0.4, 0.5) is 13.2 Å². The van der Waals surface area contributed by atoms with Gasteiger partial charge in [-0.1, -0.05) is 6.07 Å². The van der Waals surface area contributed by atoms with Gasteiger partial charge in [0, 0.05) is 39.0 Å². The van der Waals surface area contributed by atoms with Crippen molar-refractivity contribution in [2.45, 2.75) is 19.1 Å². The van der Waals surface area contributed by atoms with Gasteiger partial charge >= 0.3 is 6.18 Å². The van der Waals surface area contributed by atoms with E-state index in [2.05, 4.69) is 20.6 Å². The molecule has 0 aromatic carbocycles. The van der Waals surface area contributed by atoms with Crippen LogP contribution in [0.15, 0.2) is 23.3 Å². The Bertz CT molecular complexity index is 501. The predicted octanol–water partition coefficient (Wildman–Crippen LogP) is 2.34. The van der Waals surface area contributed by atoms with Crippen molar-refractivity contribution in [2.75, 3.05) is 33.9 Å². The lowest BCUT2D eigenvalue weighted by molar-refractivity contribution is -0.132. The molecule has 24 heavy (non-hydrogen) atoms. The number of methoxy groups -OCH3 is 1. The standard InChI is InChI=1S/C14H21F3N4O2.HI/c1-18-13(20-7-5-14(15,16)17)21-10-11-4-3-6-19-12(11)23-9-8-22-2;/h3-4,6H,5,7-10H2,1-2H3,(H2,18,20,21);1H. The first-order valence-electron chi connectivity index (χ1n) is 7.03. The summed E-state index contributed by atoms with van der Waals surface area (Å²) in [4.78, 5) is 8.00. The number of aliphatic imine (C=N–C) groups is 1. The molecule has 0 radical (unpaired) electrons. The molecule has 0 aliphatic carbocycles. The number of hydrogen-bond acceptors (Lipinski definition) is 4. The van der Waals surface area contributed by atoms with E-state index in [9.17, 15) is 13.2 Å². The Balaban J connectivity index is 0.00000529. The van der Waals surface area contributed by atoms with Crippen LogP contribution in [0.1, 0.15) is 12.0 Å². The smallest absolute Gasteiger partial charge is 0.390 e. The van der Waals surface area contributed by atoms with E-state index in [0.29, 0.717) is 25.6 Å². The van der Waals surface area contributed by atoms with Crippen LogP contribution in [-0.4, -0.2) is 51.0 Å². The molecule has 0 aliphatic heterocycles. The highest BCUT2D eigenvalue weighted by molar-refractivity contribution is 14.0. The number of halogens is 4. The molecule has 1 aromatic rings. The van der Waals surface area contributed by atoms with Gasteiger partial charge in [-0.25, -0.2) is 4.98 Å². The molecule has 138 valence electrons. The molecule has 1 heterocycles.